The van der Waals surface area contributed by atoms with Crippen LogP contribution in [0.2, 0.25) is 0 Å². The van der Waals surface area contributed by atoms with Gasteiger partial charge in [-0.1, -0.05) is 12.1 Å². The highest BCUT2D eigenvalue weighted by molar-refractivity contribution is 5.38. The van der Waals surface area contributed by atoms with E-state index in [2.05, 4.69) is 4.98 Å². The molecule has 0 radical (unpaired) electrons. The van der Waals surface area contributed by atoms with E-state index in [0.717, 1.165) is 5.56 Å². The fourth-order valence-corrected chi connectivity index (χ4v) is 2.47. The molecule has 1 fully saturated rings. The van der Waals surface area contributed by atoms with Gasteiger partial charge in [-0.15, -0.1) is 0 Å². The molecule has 0 aliphatic carbocycles. The first kappa shape index (κ1) is 13.6. The number of anilines is 1. The van der Waals surface area contributed by atoms with Crippen LogP contribution in [0.1, 0.15) is 11.7 Å². The Bertz CT molecular complexity index is 699. The summed E-state index contributed by atoms with van der Waals surface area (Å²) in [6, 6.07) is 7.00. The van der Waals surface area contributed by atoms with Crippen molar-refractivity contribution in [3.8, 4) is 5.75 Å². The van der Waals surface area contributed by atoms with Crippen molar-refractivity contribution in [3.05, 3.63) is 52.6 Å². The van der Waals surface area contributed by atoms with E-state index in [1.54, 1.807) is 37.6 Å². The molecule has 0 unspecified atom stereocenters. The van der Waals surface area contributed by atoms with Gasteiger partial charge in [-0.3, -0.25) is 4.79 Å². The largest absolute Gasteiger partial charge is 0.508 e. The monoisotopic (exact) mass is 287 g/mol. The van der Waals surface area contributed by atoms with Gasteiger partial charge < -0.3 is 19.3 Å². The third-order valence-corrected chi connectivity index (χ3v) is 3.61. The summed E-state index contributed by atoms with van der Waals surface area (Å²) in [5, 5.41) is 9.57. The van der Waals surface area contributed by atoms with Crippen LogP contribution < -0.4 is 10.5 Å². The number of hydrogen-bond donors (Lipinski definition) is 1. The molecule has 2 heterocycles. The van der Waals surface area contributed by atoms with Crippen LogP contribution in [0.3, 0.4) is 0 Å². The van der Waals surface area contributed by atoms with Gasteiger partial charge in [0.1, 0.15) is 11.9 Å². The second kappa shape index (κ2) is 5.57. The zero-order valence-corrected chi connectivity index (χ0v) is 11.8. The summed E-state index contributed by atoms with van der Waals surface area (Å²) >= 11 is 0. The maximum absolute atomic E-state index is 12.1. The molecule has 3 rings (SSSR count). The number of benzene rings is 1. The molecule has 21 heavy (non-hydrogen) atoms. The number of ether oxygens (including phenoxy) is 1. The Morgan fingerprint density at radius 1 is 1.43 bits per heavy atom. The molecule has 6 nitrogen and oxygen atoms in total. The minimum Gasteiger partial charge on any atom is -0.508 e. The van der Waals surface area contributed by atoms with Crippen LogP contribution in [0.5, 0.6) is 5.75 Å². The van der Waals surface area contributed by atoms with Crippen molar-refractivity contribution in [1.82, 2.24) is 9.55 Å². The molecule has 1 aromatic heterocycles. The normalized spacial score (nSPS) is 18.7. The van der Waals surface area contributed by atoms with Gasteiger partial charge in [-0.2, -0.15) is 0 Å². The molecule has 1 aliphatic rings. The van der Waals surface area contributed by atoms with Crippen molar-refractivity contribution < 1.29 is 9.84 Å². The van der Waals surface area contributed by atoms with Gasteiger partial charge in [-0.05, 0) is 17.7 Å². The smallest absolute Gasteiger partial charge is 0.293 e. The van der Waals surface area contributed by atoms with Crippen molar-refractivity contribution in [2.45, 2.75) is 6.10 Å². The molecule has 110 valence electrons. The average Bonchev–Trinajstić information content (AvgIpc) is 2.50. The summed E-state index contributed by atoms with van der Waals surface area (Å²) in [5.41, 5.74) is 0.779. The Balaban J connectivity index is 1.86. The molecule has 0 amide bonds. The minimum absolute atomic E-state index is 0.117. The van der Waals surface area contributed by atoms with Gasteiger partial charge in [0.15, 0.2) is 5.82 Å². The Kier molecular flexibility index (Phi) is 3.62. The van der Waals surface area contributed by atoms with Gasteiger partial charge in [0, 0.05) is 26.0 Å². The number of phenolic OH excluding ortho intramolecular Hbond substituents is 1. The van der Waals surface area contributed by atoms with Gasteiger partial charge in [0.25, 0.3) is 5.56 Å². The molecular formula is C15H17N3O3. The SMILES string of the molecule is Cn1ccnc(N2CCO[C@@H](c3cccc(O)c3)C2)c1=O. The summed E-state index contributed by atoms with van der Waals surface area (Å²) < 4.78 is 7.27. The number of aromatic hydroxyl groups is 1. The van der Waals surface area contributed by atoms with E-state index in [-0.39, 0.29) is 17.4 Å². The summed E-state index contributed by atoms with van der Waals surface area (Å²) in [6.45, 7) is 1.68. The van der Waals surface area contributed by atoms with E-state index in [1.165, 1.54) is 4.57 Å². The van der Waals surface area contributed by atoms with Crippen molar-refractivity contribution in [2.75, 3.05) is 24.6 Å². The van der Waals surface area contributed by atoms with Crippen LogP contribution in [-0.2, 0) is 11.8 Å². The number of rotatable bonds is 2. The Hall–Kier alpha value is -2.34. The standard InChI is InChI=1S/C15H17N3O3/c1-17-6-5-16-14(15(17)20)18-7-8-21-13(10-18)11-3-2-4-12(19)9-11/h2-6,9,13,19H,7-8,10H2,1H3/t13-/m1/s1. The Morgan fingerprint density at radius 3 is 3.10 bits per heavy atom. The van der Waals surface area contributed by atoms with Crippen LogP contribution in [0, 0.1) is 0 Å². The zero-order chi connectivity index (χ0) is 14.8. The van der Waals surface area contributed by atoms with Crippen molar-refractivity contribution in [3.63, 3.8) is 0 Å². The molecule has 0 saturated carbocycles. The molecule has 1 aliphatic heterocycles. The molecule has 1 atom stereocenters. The quantitative estimate of drug-likeness (QED) is 0.894. The van der Waals surface area contributed by atoms with Gasteiger partial charge >= 0.3 is 0 Å². The molecular weight excluding hydrogens is 270 g/mol. The molecule has 0 spiro atoms. The molecule has 1 N–H and O–H groups in total. The Morgan fingerprint density at radius 2 is 2.29 bits per heavy atom. The fourth-order valence-electron chi connectivity index (χ4n) is 2.47. The zero-order valence-electron chi connectivity index (χ0n) is 11.8. The first-order chi connectivity index (χ1) is 10.1. The van der Waals surface area contributed by atoms with E-state index in [0.29, 0.717) is 25.5 Å². The third kappa shape index (κ3) is 2.75. The molecule has 2 aromatic rings. The third-order valence-electron chi connectivity index (χ3n) is 3.61. The van der Waals surface area contributed by atoms with Crippen LogP contribution >= 0.6 is 0 Å². The molecule has 1 aromatic carbocycles. The summed E-state index contributed by atoms with van der Waals surface area (Å²) in [5.74, 6) is 0.649. The lowest BCUT2D eigenvalue weighted by molar-refractivity contribution is 0.0393. The summed E-state index contributed by atoms with van der Waals surface area (Å²) in [7, 11) is 1.71. The van der Waals surface area contributed by atoms with E-state index in [1.807, 2.05) is 11.0 Å². The predicted molar refractivity (Wildman–Crippen MR) is 78.5 cm³/mol. The number of nitrogens with zero attached hydrogens (tertiary/aromatic N) is 3. The predicted octanol–water partition coefficient (Wildman–Crippen LogP) is 1.06. The Labute approximate surface area is 122 Å². The number of hydrogen-bond acceptors (Lipinski definition) is 5. The number of morpholine rings is 1. The minimum atomic E-state index is -0.183. The highest BCUT2D eigenvalue weighted by Crippen LogP contribution is 2.25. The lowest BCUT2D eigenvalue weighted by atomic mass is 10.1. The maximum Gasteiger partial charge on any atom is 0.293 e. The molecule has 0 bridgehead atoms. The van der Waals surface area contributed by atoms with E-state index in [4.69, 9.17) is 4.74 Å². The number of phenols is 1. The van der Waals surface area contributed by atoms with Gasteiger partial charge in [-0.25, -0.2) is 4.98 Å². The first-order valence-corrected chi connectivity index (χ1v) is 6.82. The molecule has 1 saturated heterocycles. The van der Waals surface area contributed by atoms with Crippen molar-refractivity contribution in [2.24, 2.45) is 7.05 Å². The maximum atomic E-state index is 12.1. The van der Waals surface area contributed by atoms with E-state index in [9.17, 15) is 9.90 Å². The number of aryl methyl sites for hydroxylation is 1. The van der Waals surface area contributed by atoms with Crippen LogP contribution in [0.4, 0.5) is 5.82 Å². The van der Waals surface area contributed by atoms with Crippen molar-refractivity contribution in [1.29, 1.82) is 0 Å². The van der Waals surface area contributed by atoms with E-state index >= 15 is 0 Å². The lowest BCUT2D eigenvalue weighted by Crippen LogP contribution is -2.42. The second-order valence-corrected chi connectivity index (χ2v) is 5.07. The number of aromatic nitrogens is 2. The summed E-state index contributed by atoms with van der Waals surface area (Å²) in [6.07, 6.45) is 3.08. The highest BCUT2D eigenvalue weighted by Gasteiger charge is 2.24. The van der Waals surface area contributed by atoms with Gasteiger partial charge in [0.2, 0.25) is 0 Å². The van der Waals surface area contributed by atoms with E-state index < -0.39 is 0 Å². The first-order valence-electron chi connectivity index (χ1n) is 6.82. The average molecular weight is 287 g/mol. The van der Waals surface area contributed by atoms with Crippen LogP contribution in [-0.4, -0.2) is 34.4 Å². The van der Waals surface area contributed by atoms with Crippen LogP contribution in [0.15, 0.2) is 41.5 Å². The van der Waals surface area contributed by atoms with Crippen molar-refractivity contribution >= 4 is 5.82 Å². The second-order valence-electron chi connectivity index (χ2n) is 5.07. The van der Waals surface area contributed by atoms with Gasteiger partial charge in [0.05, 0.1) is 13.2 Å². The fraction of sp³-hybridized carbons (Fsp3) is 0.333. The lowest BCUT2D eigenvalue weighted by Gasteiger charge is -2.33. The molecule has 6 heteroatoms. The topological polar surface area (TPSA) is 67.6 Å². The van der Waals surface area contributed by atoms with Crippen LogP contribution in [0.25, 0.3) is 0 Å². The highest BCUT2D eigenvalue weighted by atomic mass is 16.5. The summed E-state index contributed by atoms with van der Waals surface area (Å²) in [4.78, 5) is 18.3.